The third kappa shape index (κ3) is 5.09. The fraction of sp³-hybridized carbons (Fsp3) is 0.786. The molecule has 7 heteroatoms. The predicted molar refractivity (Wildman–Crippen MR) is 80.6 cm³/mol. The lowest BCUT2D eigenvalue weighted by molar-refractivity contribution is -0.123. The summed E-state index contributed by atoms with van der Waals surface area (Å²) in [4.78, 5) is 13.8. The van der Waals surface area contributed by atoms with E-state index in [1.807, 2.05) is 44.3 Å². The number of carbonyl (C=O) groups is 1. The van der Waals surface area contributed by atoms with E-state index in [0.717, 1.165) is 11.6 Å². The van der Waals surface area contributed by atoms with Gasteiger partial charge in [0.15, 0.2) is 0 Å². The molecule has 0 aromatic carbocycles. The van der Waals surface area contributed by atoms with Gasteiger partial charge in [-0.15, -0.1) is 10.2 Å². The van der Waals surface area contributed by atoms with Crippen LogP contribution in [0.1, 0.15) is 38.3 Å². The van der Waals surface area contributed by atoms with Gasteiger partial charge in [0.2, 0.25) is 5.91 Å². The van der Waals surface area contributed by atoms with Crippen LogP contribution in [0.3, 0.4) is 0 Å². The molecule has 0 atom stereocenters. The molecule has 21 heavy (non-hydrogen) atoms. The number of nitrogens with zero attached hydrogens (tertiary/aromatic N) is 4. The maximum absolute atomic E-state index is 11.9. The lowest BCUT2D eigenvalue weighted by atomic mass is 9.98. The molecule has 0 aliphatic carbocycles. The van der Waals surface area contributed by atoms with Crippen molar-refractivity contribution in [1.29, 1.82) is 0 Å². The molecule has 0 saturated heterocycles. The van der Waals surface area contributed by atoms with E-state index in [2.05, 4.69) is 15.5 Å². The Kier molecular flexibility index (Phi) is 6.29. The molecule has 1 aromatic heterocycles. The summed E-state index contributed by atoms with van der Waals surface area (Å²) in [5.41, 5.74) is -0.811. The number of amides is 1. The molecule has 0 unspecified atom stereocenters. The Balaban J connectivity index is 2.42. The van der Waals surface area contributed by atoms with E-state index in [1.54, 1.807) is 0 Å². The first kappa shape index (κ1) is 17.6. The molecule has 2 N–H and O–H groups in total. The summed E-state index contributed by atoms with van der Waals surface area (Å²) < 4.78 is 1.90. The molecule has 120 valence electrons. The summed E-state index contributed by atoms with van der Waals surface area (Å²) >= 11 is 0. The molecule has 0 bridgehead atoms. The standard InChI is InChI=1S/C14H27N5O2/c1-6-14(21,7-2)10-15-13(20)9-18(4)8-12-17-16-11(3)19(12)5/h21H,6-10H2,1-5H3,(H,15,20). The van der Waals surface area contributed by atoms with Crippen LogP contribution in [-0.4, -0.2) is 56.4 Å². The lowest BCUT2D eigenvalue weighted by Gasteiger charge is -2.26. The van der Waals surface area contributed by atoms with Crippen molar-refractivity contribution in [1.82, 2.24) is 25.0 Å². The number of hydrogen-bond acceptors (Lipinski definition) is 5. The van der Waals surface area contributed by atoms with Crippen molar-refractivity contribution in [3.05, 3.63) is 11.6 Å². The van der Waals surface area contributed by atoms with Gasteiger partial charge in [-0.25, -0.2) is 0 Å². The first-order valence-electron chi connectivity index (χ1n) is 7.33. The van der Waals surface area contributed by atoms with Crippen molar-refractivity contribution >= 4 is 5.91 Å². The number of rotatable bonds is 8. The highest BCUT2D eigenvalue weighted by molar-refractivity contribution is 5.78. The van der Waals surface area contributed by atoms with Gasteiger partial charge in [-0.05, 0) is 26.8 Å². The van der Waals surface area contributed by atoms with Crippen LogP contribution < -0.4 is 5.32 Å². The lowest BCUT2D eigenvalue weighted by Crippen LogP contribution is -2.45. The number of hydrogen-bond donors (Lipinski definition) is 2. The molecular weight excluding hydrogens is 270 g/mol. The van der Waals surface area contributed by atoms with Crippen LogP contribution in [0.2, 0.25) is 0 Å². The van der Waals surface area contributed by atoms with Crippen molar-refractivity contribution in [3.8, 4) is 0 Å². The van der Waals surface area contributed by atoms with E-state index in [0.29, 0.717) is 19.4 Å². The number of carbonyl (C=O) groups excluding carboxylic acids is 1. The second kappa shape index (κ2) is 7.51. The first-order valence-corrected chi connectivity index (χ1v) is 7.33. The number of aliphatic hydroxyl groups is 1. The van der Waals surface area contributed by atoms with Gasteiger partial charge in [0.05, 0.1) is 18.7 Å². The van der Waals surface area contributed by atoms with E-state index in [1.165, 1.54) is 0 Å². The first-order chi connectivity index (χ1) is 9.81. The average Bonchev–Trinajstić information content (AvgIpc) is 2.76. The van der Waals surface area contributed by atoms with Gasteiger partial charge in [0.25, 0.3) is 0 Å². The highest BCUT2D eigenvalue weighted by atomic mass is 16.3. The summed E-state index contributed by atoms with van der Waals surface area (Å²) in [6.07, 6.45) is 1.25. The minimum Gasteiger partial charge on any atom is -0.388 e. The second-order valence-corrected chi connectivity index (χ2v) is 5.60. The Hall–Kier alpha value is -1.47. The van der Waals surface area contributed by atoms with Gasteiger partial charge >= 0.3 is 0 Å². The number of aromatic nitrogens is 3. The normalized spacial score (nSPS) is 12.0. The molecule has 0 saturated carbocycles. The Morgan fingerprint density at radius 2 is 2.00 bits per heavy atom. The zero-order chi connectivity index (χ0) is 16.0. The van der Waals surface area contributed by atoms with Crippen LogP contribution in [0.15, 0.2) is 0 Å². The van der Waals surface area contributed by atoms with Crippen molar-refractivity contribution in [2.24, 2.45) is 7.05 Å². The number of nitrogens with one attached hydrogen (secondary N) is 1. The van der Waals surface area contributed by atoms with E-state index >= 15 is 0 Å². The van der Waals surface area contributed by atoms with E-state index < -0.39 is 5.60 Å². The van der Waals surface area contributed by atoms with Gasteiger partial charge in [-0.1, -0.05) is 13.8 Å². The molecule has 1 amide bonds. The van der Waals surface area contributed by atoms with E-state index in [4.69, 9.17) is 0 Å². The fourth-order valence-corrected chi connectivity index (χ4v) is 1.95. The van der Waals surface area contributed by atoms with Gasteiger partial charge in [0, 0.05) is 13.6 Å². The number of likely N-dealkylation sites (N-methyl/N-ethyl adjacent to an activating group) is 1. The van der Waals surface area contributed by atoms with E-state index in [-0.39, 0.29) is 19.0 Å². The monoisotopic (exact) mass is 297 g/mol. The minimum absolute atomic E-state index is 0.100. The zero-order valence-corrected chi connectivity index (χ0v) is 13.7. The number of aryl methyl sites for hydroxylation is 1. The quantitative estimate of drug-likeness (QED) is 0.717. The molecule has 0 aliphatic heterocycles. The summed E-state index contributed by atoms with van der Waals surface area (Å²) in [6, 6.07) is 0. The third-order valence-electron chi connectivity index (χ3n) is 3.94. The molecule has 0 radical (unpaired) electrons. The highest BCUT2D eigenvalue weighted by Crippen LogP contribution is 2.12. The Bertz CT molecular complexity index is 468. The van der Waals surface area contributed by atoms with Crippen molar-refractivity contribution in [2.45, 2.75) is 45.8 Å². The fourth-order valence-electron chi connectivity index (χ4n) is 1.95. The topological polar surface area (TPSA) is 83.3 Å². The third-order valence-corrected chi connectivity index (χ3v) is 3.94. The smallest absolute Gasteiger partial charge is 0.234 e. The molecule has 0 fully saturated rings. The van der Waals surface area contributed by atoms with Crippen molar-refractivity contribution in [2.75, 3.05) is 20.1 Å². The Morgan fingerprint density at radius 3 is 2.48 bits per heavy atom. The predicted octanol–water partition coefficient (Wildman–Crippen LogP) is 0.223. The molecule has 0 spiro atoms. The van der Waals surface area contributed by atoms with Crippen molar-refractivity contribution < 1.29 is 9.90 Å². The van der Waals surface area contributed by atoms with Gasteiger partial charge in [0.1, 0.15) is 11.6 Å². The summed E-state index contributed by atoms with van der Waals surface area (Å²) in [5, 5.41) is 21.0. The molecule has 1 aromatic rings. The summed E-state index contributed by atoms with van der Waals surface area (Å²) in [6.45, 7) is 6.82. The Labute approximate surface area is 126 Å². The van der Waals surface area contributed by atoms with E-state index in [9.17, 15) is 9.90 Å². The Morgan fingerprint density at radius 1 is 1.38 bits per heavy atom. The van der Waals surface area contributed by atoms with Gasteiger partial charge in [-0.3, -0.25) is 9.69 Å². The van der Waals surface area contributed by atoms with Crippen LogP contribution >= 0.6 is 0 Å². The molecule has 1 heterocycles. The summed E-state index contributed by atoms with van der Waals surface area (Å²) in [5.74, 6) is 1.57. The van der Waals surface area contributed by atoms with Crippen LogP contribution in [0, 0.1) is 6.92 Å². The zero-order valence-electron chi connectivity index (χ0n) is 13.7. The van der Waals surface area contributed by atoms with Crippen LogP contribution in [-0.2, 0) is 18.4 Å². The molecule has 7 nitrogen and oxygen atoms in total. The summed E-state index contributed by atoms with van der Waals surface area (Å²) in [7, 11) is 3.76. The highest BCUT2D eigenvalue weighted by Gasteiger charge is 2.23. The maximum atomic E-state index is 11.9. The largest absolute Gasteiger partial charge is 0.388 e. The average molecular weight is 297 g/mol. The van der Waals surface area contributed by atoms with Crippen molar-refractivity contribution in [3.63, 3.8) is 0 Å². The van der Waals surface area contributed by atoms with Crippen LogP contribution in [0.25, 0.3) is 0 Å². The second-order valence-electron chi connectivity index (χ2n) is 5.60. The van der Waals surface area contributed by atoms with Crippen LogP contribution in [0.4, 0.5) is 0 Å². The van der Waals surface area contributed by atoms with Gasteiger partial charge < -0.3 is 15.0 Å². The molecular formula is C14H27N5O2. The molecule has 0 aliphatic rings. The van der Waals surface area contributed by atoms with Crippen LogP contribution in [0.5, 0.6) is 0 Å². The maximum Gasteiger partial charge on any atom is 0.234 e. The van der Waals surface area contributed by atoms with Gasteiger partial charge in [-0.2, -0.15) is 0 Å². The minimum atomic E-state index is -0.811. The SMILES string of the molecule is CCC(O)(CC)CNC(=O)CN(C)Cc1nnc(C)n1C. The molecule has 1 rings (SSSR count).